The SMILES string of the molecule is C[C@@H](NC(=O)c1ccc2[nH]c(O)c(C(=Nc3ccc(CN4CCCCC4)cc3)c3ccncc3)c2c1)c1ccccc1. The maximum Gasteiger partial charge on any atom is 0.251 e. The lowest BCUT2D eigenvalue weighted by atomic mass is 10.00. The highest BCUT2D eigenvalue weighted by Crippen LogP contribution is 2.32. The maximum atomic E-state index is 13.3. The van der Waals surface area contributed by atoms with Crippen LogP contribution in [0.25, 0.3) is 10.9 Å². The van der Waals surface area contributed by atoms with Crippen molar-refractivity contribution in [1.82, 2.24) is 20.2 Å². The maximum absolute atomic E-state index is 13.3. The molecule has 42 heavy (non-hydrogen) atoms. The minimum Gasteiger partial charge on any atom is -0.494 e. The van der Waals surface area contributed by atoms with Gasteiger partial charge in [-0.3, -0.25) is 14.7 Å². The minimum absolute atomic E-state index is 0.00232. The normalized spacial score (nSPS) is 15.0. The molecule has 1 saturated heterocycles. The molecule has 0 saturated carbocycles. The Bertz CT molecular complexity index is 1690. The smallest absolute Gasteiger partial charge is 0.251 e. The first-order valence-electron chi connectivity index (χ1n) is 14.6. The lowest BCUT2D eigenvalue weighted by Gasteiger charge is -2.26. The van der Waals surface area contributed by atoms with Crippen molar-refractivity contribution >= 4 is 28.2 Å². The highest BCUT2D eigenvalue weighted by Gasteiger charge is 2.21. The molecule has 3 N–H and O–H groups in total. The zero-order valence-electron chi connectivity index (χ0n) is 23.8. The van der Waals surface area contributed by atoms with Crippen LogP contribution in [0.15, 0.2) is 102 Å². The summed E-state index contributed by atoms with van der Waals surface area (Å²) in [5.74, 6) is -0.191. The number of nitrogens with zero attached hydrogens (tertiary/aromatic N) is 3. The van der Waals surface area contributed by atoms with Crippen LogP contribution in [0.5, 0.6) is 5.88 Å². The van der Waals surface area contributed by atoms with E-state index in [1.807, 2.05) is 73.7 Å². The summed E-state index contributed by atoms with van der Waals surface area (Å²) in [7, 11) is 0. The molecule has 0 radical (unpaired) electrons. The number of hydrogen-bond donors (Lipinski definition) is 3. The molecular weight excluding hydrogens is 522 g/mol. The van der Waals surface area contributed by atoms with Crippen LogP contribution in [-0.2, 0) is 6.54 Å². The van der Waals surface area contributed by atoms with E-state index in [1.165, 1.54) is 24.8 Å². The summed E-state index contributed by atoms with van der Waals surface area (Å²) in [6.45, 7) is 5.21. The van der Waals surface area contributed by atoms with Crippen molar-refractivity contribution in [3.8, 4) is 5.88 Å². The minimum atomic E-state index is -0.188. The van der Waals surface area contributed by atoms with Gasteiger partial charge >= 0.3 is 0 Å². The molecule has 1 aliphatic heterocycles. The van der Waals surface area contributed by atoms with Crippen LogP contribution in [0, 0.1) is 0 Å². The van der Waals surface area contributed by atoms with Gasteiger partial charge in [0.1, 0.15) is 0 Å². The Labute approximate surface area is 246 Å². The van der Waals surface area contributed by atoms with E-state index in [2.05, 4.69) is 32.3 Å². The van der Waals surface area contributed by atoms with E-state index in [0.717, 1.165) is 36.4 Å². The number of aromatic nitrogens is 2. The van der Waals surface area contributed by atoms with Gasteiger partial charge in [-0.1, -0.05) is 48.9 Å². The molecule has 7 nitrogen and oxygen atoms in total. The second kappa shape index (κ2) is 12.4. The van der Waals surface area contributed by atoms with Crippen LogP contribution >= 0.6 is 0 Å². The summed E-state index contributed by atoms with van der Waals surface area (Å²) in [5.41, 5.74) is 6.24. The highest BCUT2D eigenvalue weighted by molar-refractivity contribution is 6.22. The van der Waals surface area contributed by atoms with Gasteiger partial charge in [-0.25, -0.2) is 4.99 Å². The topological polar surface area (TPSA) is 93.6 Å². The number of aliphatic imine (C=N–C) groups is 1. The van der Waals surface area contributed by atoms with E-state index >= 15 is 0 Å². The fourth-order valence-corrected chi connectivity index (χ4v) is 5.62. The van der Waals surface area contributed by atoms with E-state index in [-0.39, 0.29) is 17.8 Å². The van der Waals surface area contributed by atoms with Gasteiger partial charge in [0.05, 0.1) is 23.0 Å². The van der Waals surface area contributed by atoms with Gasteiger partial charge in [-0.05, 0) is 86.4 Å². The van der Waals surface area contributed by atoms with Crippen molar-refractivity contribution in [2.75, 3.05) is 13.1 Å². The van der Waals surface area contributed by atoms with Gasteiger partial charge in [0.2, 0.25) is 0 Å². The molecule has 0 spiro atoms. The summed E-state index contributed by atoms with van der Waals surface area (Å²) in [4.78, 5) is 28.0. The van der Waals surface area contributed by atoms with Gasteiger partial charge in [0, 0.05) is 41.0 Å². The Balaban J connectivity index is 1.34. The molecule has 5 aromatic rings. The third-order valence-electron chi connectivity index (χ3n) is 7.91. The highest BCUT2D eigenvalue weighted by atomic mass is 16.3. The molecule has 3 heterocycles. The molecule has 1 fully saturated rings. The second-order valence-electron chi connectivity index (χ2n) is 10.9. The molecule has 3 aromatic carbocycles. The van der Waals surface area contributed by atoms with Crippen molar-refractivity contribution in [1.29, 1.82) is 0 Å². The predicted octanol–water partition coefficient (Wildman–Crippen LogP) is 6.91. The number of carbonyl (C=O) groups is 1. The number of H-pyrrole nitrogens is 1. The first-order valence-corrected chi connectivity index (χ1v) is 14.6. The lowest BCUT2D eigenvalue weighted by molar-refractivity contribution is 0.0940. The second-order valence-corrected chi connectivity index (χ2v) is 10.9. The molecule has 0 unspecified atom stereocenters. The first kappa shape index (κ1) is 27.4. The molecule has 1 amide bonds. The third kappa shape index (κ3) is 6.11. The van der Waals surface area contributed by atoms with Gasteiger partial charge < -0.3 is 15.4 Å². The summed E-state index contributed by atoms with van der Waals surface area (Å²) in [6, 6.07) is 27.2. The molecule has 6 rings (SSSR count). The quantitative estimate of drug-likeness (QED) is 0.181. The Kier molecular flexibility index (Phi) is 8.10. The molecule has 2 aromatic heterocycles. The summed E-state index contributed by atoms with van der Waals surface area (Å²) in [5, 5.41) is 14.9. The Morgan fingerprint density at radius 1 is 0.952 bits per heavy atom. The number of hydrogen-bond acceptors (Lipinski definition) is 5. The number of piperidine rings is 1. The number of rotatable bonds is 8. The summed E-state index contributed by atoms with van der Waals surface area (Å²) >= 11 is 0. The van der Waals surface area contributed by atoms with Crippen LogP contribution in [0.2, 0.25) is 0 Å². The van der Waals surface area contributed by atoms with E-state index in [9.17, 15) is 9.90 Å². The number of fused-ring (bicyclic) bond motifs is 1. The average molecular weight is 558 g/mol. The number of aromatic hydroxyl groups is 1. The van der Waals surface area contributed by atoms with E-state index in [1.54, 1.807) is 18.5 Å². The Hall–Kier alpha value is -4.75. The number of amides is 1. The van der Waals surface area contributed by atoms with Crippen LogP contribution < -0.4 is 5.32 Å². The monoisotopic (exact) mass is 557 g/mol. The molecule has 212 valence electrons. The standard InChI is InChI=1S/C35H35N5O2/c1-24(26-8-4-2-5-9-26)37-34(41)28-12-15-31-30(22-28)32(35(42)39-31)33(27-16-18-36-19-17-27)38-29-13-10-25(11-14-29)23-40-20-6-3-7-21-40/h2,4-5,8-19,22,24,39,42H,3,6-7,20-21,23H2,1H3,(H,37,41)/t24-/m1/s1. The van der Waals surface area contributed by atoms with Crippen LogP contribution in [0.4, 0.5) is 5.69 Å². The van der Waals surface area contributed by atoms with Crippen molar-refractivity contribution in [3.05, 3.63) is 125 Å². The number of pyridine rings is 1. The zero-order chi connectivity index (χ0) is 28.9. The van der Waals surface area contributed by atoms with Gasteiger partial charge in [0.15, 0.2) is 5.88 Å². The largest absolute Gasteiger partial charge is 0.494 e. The number of likely N-dealkylation sites (tertiary alicyclic amines) is 1. The molecule has 0 bridgehead atoms. The first-order chi connectivity index (χ1) is 20.5. The number of benzene rings is 3. The fourth-order valence-electron chi connectivity index (χ4n) is 5.62. The van der Waals surface area contributed by atoms with E-state index in [4.69, 9.17) is 4.99 Å². The van der Waals surface area contributed by atoms with Gasteiger partial charge in [-0.2, -0.15) is 0 Å². The van der Waals surface area contributed by atoms with Gasteiger partial charge in [0.25, 0.3) is 5.91 Å². The molecule has 1 atom stereocenters. The van der Waals surface area contributed by atoms with E-state index in [0.29, 0.717) is 27.7 Å². The Morgan fingerprint density at radius 2 is 1.69 bits per heavy atom. The molecular formula is C35H35N5O2. The zero-order valence-corrected chi connectivity index (χ0v) is 23.8. The summed E-state index contributed by atoms with van der Waals surface area (Å²) in [6.07, 6.45) is 7.27. The van der Waals surface area contributed by atoms with Crippen molar-refractivity contribution in [2.24, 2.45) is 4.99 Å². The molecule has 7 heteroatoms. The molecule has 0 aliphatic carbocycles. The predicted molar refractivity (Wildman–Crippen MR) is 167 cm³/mol. The molecule has 1 aliphatic rings. The summed E-state index contributed by atoms with van der Waals surface area (Å²) < 4.78 is 0. The van der Waals surface area contributed by atoms with Crippen molar-refractivity contribution in [3.63, 3.8) is 0 Å². The average Bonchev–Trinajstić information content (AvgIpc) is 3.36. The van der Waals surface area contributed by atoms with E-state index < -0.39 is 0 Å². The van der Waals surface area contributed by atoms with Crippen LogP contribution in [0.3, 0.4) is 0 Å². The van der Waals surface area contributed by atoms with Crippen LogP contribution in [-0.4, -0.2) is 44.7 Å². The van der Waals surface area contributed by atoms with Crippen molar-refractivity contribution < 1.29 is 9.90 Å². The van der Waals surface area contributed by atoms with Gasteiger partial charge in [-0.15, -0.1) is 0 Å². The fraction of sp³-hybridized carbons (Fsp3) is 0.229. The third-order valence-corrected chi connectivity index (χ3v) is 7.91. The van der Waals surface area contributed by atoms with Crippen LogP contribution in [0.1, 0.15) is 64.8 Å². The number of carbonyl (C=O) groups excluding carboxylic acids is 1. The van der Waals surface area contributed by atoms with Crippen molar-refractivity contribution in [2.45, 2.75) is 38.8 Å². The number of nitrogens with one attached hydrogen (secondary N) is 2. The lowest BCUT2D eigenvalue weighted by Crippen LogP contribution is -2.28. The Morgan fingerprint density at radius 3 is 2.43 bits per heavy atom. The number of aromatic amines is 1.